The van der Waals surface area contributed by atoms with Crippen LogP contribution in [0.1, 0.15) is 5.56 Å². The minimum absolute atomic E-state index is 0.357. The molecule has 0 spiro atoms. The summed E-state index contributed by atoms with van der Waals surface area (Å²) < 4.78 is 71.3. The van der Waals surface area contributed by atoms with Gasteiger partial charge in [0.05, 0.1) is 18.9 Å². The van der Waals surface area contributed by atoms with Gasteiger partial charge in [0.15, 0.2) is 0 Å². The van der Waals surface area contributed by atoms with Crippen molar-refractivity contribution >= 4 is 17.9 Å². The minimum atomic E-state index is -5.08. The van der Waals surface area contributed by atoms with Gasteiger partial charge in [0.2, 0.25) is 5.95 Å². The Balaban J connectivity index is 0.000000286. The lowest BCUT2D eigenvalue weighted by Crippen LogP contribution is -2.27. The van der Waals surface area contributed by atoms with Crippen molar-refractivity contribution in [3.8, 4) is 0 Å². The molecule has 11 nitrogen and oxygen atoms in total. The van der Waals surface area contributed by atoms with Crippen molar-refractivity contribution in [2.45, 2.75) is 25.0 Å². The zero-order chi connectivity index (χ0) is 27.8. The third-order valence-corrected chi connectivity index (χ3v) is 5.25. The second-order valence-electron chi connectivity index (χ2n) is 8.07. The number of aliphatic carboxylic acids is 2. The van der Waals surface area contributed by atoms with Crippen LogP contribution in [0.5, 0.6) is 0 Å². The van der Waals surface area contributed by atoms with Gasteiger partial charge in [-0.15, -0.1) is 0 Å². The highest BCUT2D eigenvalue weighted by Crippen LogP contribution is 2.34. The van der Waals surface area contributed by atoms with E-state index in [4.69, 9.17) is 24.5 Å². The van der Waals surface area contributed by atoms with Crippen molar-refractivity contribution < 1.29 is 50.9 Å². The average Bonchev–Trinajstić information content (AvgIpc) is 3.49. The van der Waals surface area contributed by atoms with Gasteiger partial charge in [-0.3, -0.25) is 9.58 Å². The van der Waals surface area contributed by atoms with Gasteiger partial charge in [-0.2, -0.15) is 31.4 Å². The lowest BCUT2D eigenvalue weighted by Gasteiger charge is -2.19. The Kier molecular flexibility index (Phi) is 10.2. The molecule has 37 heavy (non-hydrogen) atoms. The Hall–Kier alpha value is -3.47. The van der Waals surface area contributed by atoms with Gasteiger partial charge >= 0.3 is 24.3 Å². The monoisotopic (exact) mass is 542 g/mol. The first-order valence-corrected chi connectivity index (χ1v) is 10.6. The molecule has 206 valence electrons. The van der Waals surface area contributed by atoms with E-state index in [0.717, 1.165) is 32.8 Å². The maximum atomic E-state index is 10.6. The number of nitrogens with one attached hydrogen (secondary N) is 1. The normalized spacial score (nSPS) is 21.2. The van der Waals surface area contributed by atoms with Crippen LogP contribution in [0.2, 0.25) is 0 Å². The lowest BCUT2D eigenvalue weighted by molar-refractivity contribution is -0.193. The number of hydrogen-bond acceptors (Lipinski definition) is 8. The number of anilines is 1. The molecule has 0 aliphatic carbocycles. The second kappa shape index (κ2) is 12.7. The number of likely N-dealkylation sites (tertiary alicyclic amines) is 1. The largest absolute Gasteiger partial charge is 0.490 e. The van der Waals surface area contributed by atoms with E-state index in [0.29, 0.717) is 23.9 Å². The zero-order valence-electron chi connectivity index (χ0n) is 19.3. The number of hydrogen-bond donors (Lipinski definition) is 3. The number of halogens is 6. The minimum Gasteiger partial charge on any atom is -0.475 e. The van der Waals surface area contributed by atoms with Gasteiger partial charge in [-0.05, 0) is 6.07 Å². The first-order chi connectivity index (χ1) is 17.2. The number of aryl methyl sites for hydroxylation is 1. The molecular formula is C20H24F6N6O5. The molecule has 0 unspecified atom stereocenters. The summed E-state index contributed by atoms with van der Waals surface area (Å²) >= 11 is 0. The standard InChI is InChI=1S/C16H22N6O.2C2HF3O2/c1-21-7-12(5-20-21)8-22-9-14-13(11-23-15(14)10-22)6-19-16-17-3-2-4-18-16;2*3-2(4,5)1(6)7/h2-5,7,13-15H,6,8-11H2,1H3,(H,17,18,19);2*(H,6,7)/t13-,14+,15+;;/m0../s1. The molecule has 3 atom stereocenters. The summed E-state index contributed by atoms with van der Waals surface area (Å²) in [6, 6.07) is 1.83. The second-order valence-corrected chi connectivity index (χ2v) is 8.07. The molecule has 0 aromatic carbocycles. The highest BCUT2D eigenvalue weighted by atomic mass is 19.4. The highest BCUT2D eigenvalue weighted by Gasteiger charge is 2.43. The Bertz CT molecular complexity index is 995. The maximum absolute atomic E-state index is 10.6. The number of nitrogens with zero attached hydrogens (tertiary/aromatic N) is 5. The molecule has 4 rings (SSSR count). The van der Waals surface area contributed by atoms with E-state index < -0.39 is 24.3 Å². The maximum Gasteiger partial charge on any atom is 0.490 e. The Morgan fingerprint density at radius 2 is 1.65 bits per heavy atom. The fourth-order valence-corrected chi connectivity index (χ4v) is 3.64. The van der Waals surface area contributed by atoms with E-state index in [-0.39, 0.29) is 0 Å². The molecule has 4 heterocycles. The summed E-state index contributed by atoms with van der Waals surface area (Å²) in [5, 5.41) is 21.8. The van der Waals surface area contributed by atoms with E-state index >= 15 is 0 Å². The smallest absolute Gasteiger partial charge is 0.475 e. The number of carbonyl (C=O) groups is 2. The van der Waals surface area contributed by atoms with Crippen molar-refractivity contribution in [1.29, 1.82) is 0 Å². The van der Waals surface area contributed by atoms with Crippen molar-refractivity contribution in [3.63, 3.8) is 0 Å². The van der Waals surface area contributed by atoms with Crippen molar-refractivity contribution in [2.75, 3.05) is 31.6 Å². The number of carboxylic acid groups (broad SMARTS) is 2. The summed E-state index contributed by atoms with van der Waals surface area (Å²) in [7, 11) is 1.96. The number of rotatable bonds is 5. The molecule has 2 aliphatic heterocycles. The predicted octanol–water partition coefficient (Wildman–Crippen LogP) is 2.04. The van der Waals surface area contributed by atoms with Crippen LogP contribution >= 0.6 is 0 Å². The van der Waals surface area contributed by atoms with Crippen molar-refractivity contribution in [1.82, 2.24) is 24.6 Å². The Morgan fingerprint density at radius 1 is 1.08 bits per heavy atom. The van der Waals surface area contributed by atoms with E-state index in [9.17, 15) is 26.3 Å². The average molecular weight is 542 g/mol. The molecule has 2 saturated heterocycles. The van der Waals surface area contributed by atoms with Gasteiger partial charge in [-0.25, -0.2) is 19.6 Å². The number of carboxylic acids is 2. The van der Waals surface area contributed by atoms with Gasteiger partial charge in [0.25, 0.3) is 0 Å². The van der Waals surface area contributed by atoms with Crippen LogP contribution in [0.15, 0.2) is 30.9 Å². The van der Waals surface area contributed by atoms with Crippen LogP contribution in [0, 0.1) is 11.8 Å². The number of alkyl halides is 6. The predicted molar refractivity (Wildman–Crippen MR) is 113 cm³/mol. The molecule has 17 heteroatoms. The fraction of sp³-hybridized carbons (Fsp3) is 0.550. The third kappa shape index (κ3) is 9.83. The van der Waals surface area contributed by atoms with Gasteiger partial charge < -0.3 is 20.3 Å². The molecule has 2 aliphatic rings. The summed E-state index contributed by atoms with van der Waals surface area (Å²) in [6.07, 6.45) is -2.26. The van der Waals surface area contributed by atoms with E-state index in [1.165, 1.54) is 5.56 Å². The Morgan fingerprint density at radius 3 is 2.14 bits per heavy atom. The van der Waals surface area contributed by atoms with E-state index in [1.807, 2.05) is 24.0 Å². The molecule has 0 saturated carbocycles. The topological polar surface area (TPSA) is 143 Å². The first-order valence-electron chi connectivity index (χ1n) is 10.6. The SMILES string of the molecule is Cn1cc(CN2C[C@@H]3[C@@H](CNc4ncccn4)CO[C@@H]3C2)cn1.O=C(O)C(F)(F)F.O=C(O)C(F)(F)F. The van der Waals surface area contributed by atoms with Crippen LogP contribution in [0.3, 0.4) is 0 Å². The Labute approximate surface area is 206 Å². The molecule has 0 radical (unpaired) electrons. The van der Waals surface area contributed by atoms with Gasteiger partial charge in [0.1, 0.15) is 0 Å². The third-order valence-electron chi connectivity index (χ3n) is 5.25. The number of ether oxygens (including phenoxy) is 1. The molecule has 2 aromatic heterocycles. The van der Waals surface area contributed by atoms with E-state index in [2.05, 4.69) is 31.5 Å². The van der Waals surface area contributed by atoms with Crippen LogP contribution in [-0.2, 0) is 27.9 Å². The summed E-state index contributed by atoms with van der Waals surface area (Å²) in [4.78, 5) is 28.7. The van der Waals surface area contributed by atoms with Gasteiger partial charge in [0, 0.05) is 69.2 Å². The van der Waals surface area contributed by atoms with Crippen LogP contribution in [0.25, 0.3) is 0 Å². The number of fused-ring (bicyclic) bond motifs is 1. The molecule has 3 N–H and O–H groups in total. The molecular weight excluding hydrogens is 518 g/mol. The van der Waals surface area contributed by atoms with Crippen LogP contribution in [-0.4, -0.2) is 91.5 Å². The lowest BCUT2D eigenvalue weighted by atomic mass is 9.93. The summed E-state index contributed by atoms with van der Waals surface area (Å²) in [5.74, 6) is -3.72. The van der Waals surface area contributed by atoms with E-state index in [1.54, 1.807) is 12.4 Å². The molecule has 2 aromatic rings. The fourth-order valence-electron chi connectivity index (χ4n) is 3.64. The van der Waals surface area contributed by atoms with Crippen molar-refractivity contribution in [2.24, 2.45) is 18.9 Å². The molecule has 0 amide bonds. The number of aromatic nitrogens is 4. The summed E-state index contributed by atoms with van der Waals surface area (Å²) in [6.45, 7) is 4.74. The first kappa shape index (κ1) is 29.8. The molecule has 2 fully saturated rings. The quantitative estimate of drug-likeness (QED) is 0.481. The molecule has 0 bridgehead atoms. The van der Waals surface area contributed by atoms with Crippen molar-refractivity contribution in [3.05, 3.63) is 36.4 Å². The van der Waals surface area contributed by atoms with Gasteiger partial charge in [-0.1, -0.05) is 0 Å². The van der Waals surface area contributed by atoms with Crippen LogP contribution < -0.4 is 5.32 Å². The highest BCUT2D eigenvalue weighted by molar-refractivity contribution is 5.73. The van der Waals surface area contributed by atoms with Crippen LogP contribution in [0.4, 0.5) is 32.3 Å². The summed E-state index contributed by atoms with van der Waals surface area (Å²) in [5.41, 5.74) is 1.26. The zero-order valence-corrected chi connectivity index (χ0v) is 19.3.